The van der Waals surface area contributed by atoms with Gasteiger partial charge in [0.2, 0.25) is 0 Å². The average Bonchev–Trinajstić information content (AvgIpc) is 2.89. The van der Waals surface area contributed by atoms with Crippen molar-refractivity contribution in [2.45, 2.75) is 52.6 Å². The van der Waals surface area contributed by atoms with E-state index in [0.29, 0.717) is 17.1 Å². The van der Waals surface area contributed by atoms with Crippen LogP contribution in [0.25, 0.3) is 0 Å². The van der Waals surface area contributed by atoms with E-state index in [2.05, 4.69) is 10.5 Å². The Bertz CT molecular complexity index is 717. The van der Waals surface area contributed by atoms with Crippen molar-refractivity contribution in [2.24, 2.45) is 0 Å². The van der Waals surface area contributed by atoms with Crippen molar-refractivity contribution in [3.8, 4) is 0 Å². The SMILES string of the molecule is Cc1cc(NC(c2ccc(F)cc2)P(=O)(OC(C)C)OC(C)C)no1. The van der Waals surface area contributed by atoms with Crippen molar-refractivity contribution in [1.82, 2.24) is 5.16 Å². The number of nitrogens with one attached hydrogen (secondary N) is 1. The zero-order chi connectivity index (χ0) is 18.6. The highest BCUT2D eigenvalue weighted by molar-refractivity contribution is 7.54. The molecule has 2 rings (SSSR count). The molecule has 1 aromatic heterocycles. The van der Waals surface area contributed by atoms with Crippen LogP contribution in [-0.4, -0.2) is 17.4 Å². The lowest BCUT2D eigenvalue weighted by atomic mass is 10.2. The summed E-state index contributed by atoms with van der Waals surface area (Å²) in [6, 6.07) is 7.35. The summed E-state index contributed by atoms with van der Waals surface area (Å²) in [5.74, 6) is -0.247. The molecule has 0 saturated carbocycles. The van der Waals surface area contributed by atoms with Gasteiger partial charge < -0.3 is 18.9 Å². The maximum atomic E-state index is 13.6. The Hall–Kier alpha value is -1.69. The molecule has 138 valence electrons. The van der Waals surface area contributed by atoms with Gasteiger partial charge in [-0.15, -0.1) is 0 Å². The number of aromatic nitrogens is 1. The number of nitrogens with zero attached hydrogens (tertiary/aromatic N) is 1. The van der Waals surface area contributed by atoms with Crippen LogP contribution in [0.4, 0.5) is 10.2 Å². The molecule has 1 N–H and O–H groups in total. The van der Waals surface area contributed by atoms with Gasteiger partial charge in [-0.25, -0.2) is 4.39 Å². The van der Waals surface area contributed by atoms with E-state index >= 15 is 0 Å². The predicted molar refractivity (Wildman–Crippen MR) is 94.1 cm³/mol. The molecule has 1 atom stereocenters. The van der Waals surface area contributed by atoms with Gasteiger partial charge in [-0.1, -0.05) is 17.3 Å². The maximum Gasteiger partial charge on any atom is 0.357 e. The third kappa shape index (κ3) is 5.39. The normalized spacial score (nSPS) is 13.4. The molecule has 0 saturated heterocycles. The van der Waals surface area contributed by atoms with Crippen molar-refractivity contribution >= 4 is 13.4 Å². The first-order valence-corrected chi connectivity index (χ1v) is 9.72. The third-order valence-corrected chi connectivity index (χ3v) is 5.62. The Labute approximate surface area is 147 Å². The summed E-state index contributed by atoms with van der Waals surface area (Å²) < 4.78 is 43.3. The van der Waals surface area contributed by atoms with Crippen LogP contribution in [-0.2, 0) is 13.6 Å². The highest BCUT2D eigenvalue weighted by Crippen LogP contribution is 2.62. The van der Waals surface area contributed by atoms with Crippen molar-refractivity contribution in [3.05, 3.63) is 47.5 Å². The van der Waals surface area contributed by atoms with Crippen LogP contribution in [0.1, 0.15) is 44.8 Å². The third-order valence-electron chi connectivity index (χ3n) is 3.13. The minimum atomic E-state index is -3.65. The Balaban J connectivity index is 2.45. The first kappa shape index (κ1) is 19.6. The number of halogens is 1. The minimum Gasteiger partial charge on any atom is -0.360 e. The van der Waals surface area contributed by atoms with Crippen LogP contribution < -0.4 is 5.32 Å². The van der Waals surface area contributed by atoms with Gasteiger partial charge >= 0.3 is 7.60 Å². The summed E-state index contributed by atoms with van der Waals surface area (Å²) in [5.41, 5.74) is 0.562. The minimum absolute atomic E-state index is 0.326. The van der Waals surface area contributed by atoms with Gasteiger partial charge in [0.05, 0.1) is 12.2 Å². The Kier molecular flexibility index (Phi) is 6.38. The van der Waals surface area contributed by atoms with E-state index in [1.165, 1.54) is 12.1 Å². The molecule has 0 radical (unpaired) electrons. The molecule has 8 heteroatoms. The highest BCUT2D eigenvalue weighted by Gasteiger charge is 2.40. The lowest BCUT2D eigenvalue weighted by Gasteiger charge is -2.30. The van der Waals surface area contributed by atoms with Crippen LogP contribution in [0.5, 0.6) is 0 Å². The monoisotopic (exact) mass is 370 g/mol. The van der Waals surface area contributed by atoms with Crippen molar-refractivity contribution < 1.29 is 22.5 Å². The molecule has 1 unspecified atom stereocenters. The molecular weight excluding hydrogens is 346 g/mol. The van der Waals surface area contributed by atoms with E-state index in [1.807, 2.05) is 0 Å². The number of anilines is 1. The number of benzene rings is 1. The predicted octanol–water partition coefficient (Wildman–Crippen LogP) is 5.28. The second kappa shape index (κ2) is 8.13. The number of rotatable bonds is 8. The molecule has 25 heavy (non-hydrogen) atoms. The quantitative estimate of drug-likeness (QED) is 0.638. The molecule has 6 nitrogen and oxygen atoms in total. The van der Waals surface area contributed by atoms with Crippen LogP contribution >= 0.6 is 7.60 Å². The van der Waals surface area contributed by atoms with Crippen LogP contribution in [0, 0.1) is 12.7 Å². The number of aryl methyl sites for hydroxylation is 1. The van der Waals surface area contributed by atoms with Crippen LogP contribution in [0.3, 0.4) is 0 Å². The van der Waals surface area contributed by atoms with E-state index < -0.39 is 13.4 Å². The molecule has 0 aliphatic heterocycles. The van der Waals surface area contributed by atoms with E-state index in [9.17, 15) is 8.96 Å². The van der Waals surface area contributed by atoms with Crippen molar-refractivity contribution in [3.63, 3.8) is 0 Å². The second-order valence-corrected chi connectivity index (χ2v) is 8.29. The van der Waals surface area contributed by atoms with Gasteiger partial charge in [0.25, 0.3) is 0 Å². The fourth-order valence-electron chi connectivity index (χ4n) is 2.30. The zero-order valence-electron chi connectivity index (χ0n) is 15.0. The fourth-order valence-corrected chi connectivity index (χ4v) is 4.59. The lowest BCUT2D eigenvalue weighted by molar-refractivity contribution is 0.138. The topological polar surface area (TPSA) is 73.6 Å². The van der Waals surface area contributed by atoms with Gasteiger partial charge in [-0.2, -0.15) is 0 Å². The van der Waals surface area contributed by atoms with Gasteiger partial charge in [-0.05, 0) is 52.3 Å². The molecule has 0 spiro atoms. The first-order valence-electron chi connectivity index (χ1n) is 8.11. The molecule has 0 aliphatic carbocycles. The Morgan fingerprint density at radius 2 is 1.68 bits per heavy atom. The standard InChI is InChI=1S/C17H24FN2O4P/c1-11(2)23-25(21,24-12(3)4)17(14-6-8-15(18)9-7-14)19-16-10-13(5)22-20-16/h6-12,17H,1-5H3,(H,19,20). The summed E-state index contributed by atoms with van der Waals surface area (Å²) in [6.45, 7) is 8.85. The Morgan fingerprint density at radius 1 is 1.12 bits per heavy atom. The van der Waals surface area contributed by atoms with Gasteiger partial charge in [0.1, 0.15) is 11.6 Å². The Morgan fingerprint density at radius 3 is 2.12 bits per heavy atom. The molecule has 2 aromatic rings. The molecule has 1 aromatic carbocycles. The van der Waals surface area contributed by atoms with Gasteiger partial charge in [0.15, 0.2) is 11.6 Å². The molecular formula is C17H24FN2O4P. The number of hydrogen-bond donors (Lipinski definition) is 1. The maximum absolute atomic E-state index is 13.6. The molecule has 0 fully saturated rings. The molecule has 0 bridgehead atoms. The molecule has 1 heterocycles. The van der Waals surface area contributed by atoms with Crippen LogP contribution in [0.15, 0.2) is 34.9 Å². The summed E-state index contributed by atoms with van der Waals surface area (Å²) >= 11 is 0. The van der Waals surface area contributed by atoms with E-state index in [4.69, 9.17) is 13.6 Å². The molecule has 0 aliphatic rings. The summed E-state index contributed by atoms with van der Waals surface area (Å²) in [4.78, 5) is 0. The zero-order valence-corrected chi connectivity index (χ0v) is 15.9. The average molecular weight is 370 g/mol. The van der Waals surface area contributed by atoms with E-state index in [-0.39, 0.29) is 18.0 Å². The number of hydrogen-bond acceptors (Lipinski definition) is 6. The van der Waals surface area contributed by atoms with Crippen molar-refractivity contribution in [1.29, 1.82) is 0 Å². The summed E-state index contributed by atoms with van der Waals surface area (Å²) in [7, 11) is -3.65. The van der Waals surface area contributed by atoms with E-state index in [1.54, 1.807) is 52.8 Å². The van der Waals surface area contributed by atoms with Gasteiger partial charge in [0, 0.05) is 6.07 Å². The van der Waals surface area contributed by atoms with E-state index in [0.717, 1.165) is 0 Å². The highest BCUT2D eigenvalue weighted by atomic mass is 31.2. The first-order chi connectivity index (χ1) is 11.7. The van der Waals surface area contributed by atoms with Crippen LogP contribution in [0.2, 0.25) is 0 Å². The summed E-state index contributed by atoms with van der Waals surface area (Å²) in [5, 5.41) is 6.92. The fraction of sp³-hybridized carbons (Fsp3) is 0.471. The van der Waals surface area contributed by atoms with Gasteiger partial charge in [-0.3, -0.25) is 4.57 Å². The second-order valence-electron chi connectivity index (χ2n) is 6.27. The molecule has 0 amide bonds. The smallest absolute Gasteiger partial charge is 0.357 e. The lowest BCUT2D eigenvalue weighted by Crippen LogP contribution is -2.19. The largest absolute Gasteiger partial charge is 0.360 e. The van der Waals surface area contributed by atoms with Crippen molar-refractivity contribution in [2.75, 3.05) is 5.32 Å². The summed E-state index contributed by atoms with van der Waals surface area (Å²) in [6.07, 6.45) is -0.651.